The molecule has 33 heavy (non-hydrogen) atoms. The number of nitrogens with zero attached hydrogens (tertiary/aromatic N) is 2. The van der Waals surface area contributed by atoms with E-state index in [4.69, 9.17) is 9.72 Å². The minimum absolute atomic E-state index is 0.107. The Morgan fingerprint density at radius 3 is 2.67 bits per heavy atom. The SMILES string of the molecule is C=CCc1ccccc1OCCCCn1c(CCCCCNC(=O)C=C)nc2ccccc21. The van der Waals surface area contributed by atoms with E-state index in [1.54, 1.807) is 0 Å². The van der Waals surface area contributed by atoms with E-state index in [1.807, 2.05) is 30.3 Å². The van der Waals surface area contributed by atoms with Gasteiger partial charge in [-0.3, -0.25) is 4.79 Å². The highest BCUT2D eigenvalue weighted by atomic mass is 16.5. The Morgan fingerprint density at radius 1 is 1.00 bits per heavy atom. The van der Waals surface area contributed by atoms with Crippen molar-refractivity contribution < 1.29 is 9.53 Å². The highest BCUT2D eigenvalue weighted by molar-refractivity contribution is 5.86. The average Bonchev–Trinajstić information content (AvgIpc) is 3.19. The van der Waals surface area contributed by atoms with Crippen LogP contribution in [0.25, 0.3) is 11.0 Å². The molecule has 174 valence electrons. The van der Waals surface area contributed by atoms with Crippen LogP contribution in [-0.2, 0) is 24.2 Å². The lowest BCUT2D eigenvalue weighted by Gasteiger charge is -2.12. The summed E-state index contributed by atoms with van der Waals surface area (Å²) in [6.07, 6.45) is 10.1. The number of ether oxygens (including phenoxy) is 1. The molecule has 2 aromatic carbocycles. The van der Waals surface area contributed by atoms with Crippen LogP contribution in [0.2, 0.25) is 0 Å². The van der Waals surface area contributed by atoms with Crippen LogP contribution in [0.4, 0.5) is 0 Å². The Kier molecular flexibility index (Phi) is 9.77. The zero-order chi connectivity index (χ0) is 23.3. The molecule has 0 aliphatic heterocycles. The lowest BCUT2D eigenvalue weighted by atomic mass is 10.1. The van der Waals surface area contributed by atoms with Crippen LogP contribution in [0.15, 0.2) is 73.8 Å². The van der Waals surface area contributed by atoms with Gasteiger partial charge in [0.25, 0.3) is 0 Å². The second kappa shape index (κ2) is 13.3. The molecular formula is C28H35N3O2. The number of hydrogen-bond acceptors (Lipinski definition) is 3. The molecule has 5 heteroatoms. The van der Waals surface area contributed by atoms with Crippen molar-refractivity contribution in [1.82, 2.24) is 14.9 Å². The Bertz CT molecular complexity index is 1050. The summed E-state index contributed by atoms with van der Waals surface area (Å²) in [5.41, 5.74) is 3.43. The van der Waals surface area contributed by atoms with Crippen LogP contribution >= 0.6 is 0 Å². The predicted octanol–water partition coefficient (Wildman–Crippen LogP) is 5.64. The highest BCUT2D eigenvalue weighted by Gasteiger charge is 2.10. The predicted molar refractivity (Wildman–Crippen MR) is 136 cm³/mol. The second-order valence-electron chi connectivity index (χ2n) is 8.13. The standard InChI is InChI=1S/C28H35N3O2/c1-3-14-23-15-7-10-18-26(23)33-22-13-12-21-31-25-17-9-8-16-24(25)30-27(31)19-6-5-11-20-29-28(32)4-2/h3-4,7-10,15-18H,1-2,5-6,11-14,19-22H2,(H,29,32). The molecule has 0 saturated heterocycles. The molecule has 3 rings (SSSR count). The van der Waals surface area contributed by atoms with Crippen molar-refractivity contribution in [3.63, 3.8) is 0 Å². The van der Waals surface area contributed by atoms with Gasteiger partial charge in [-0.05, 0) is 61.9 Å². The number of hydrogen-bond donors (Lipinski definition) is 1. The van der Waals surface area contributed by atoms with E-state index in [2.05, 4.69) is 47.3 Å². The van der Waals surface area contributed by atoms with Gasteiger partial charge in [0.2, 0.25) is 5.91 Å². The zero-order valence-electron chi connectivity index (χ0n) is 19.5. The van der Waals surface area contributed by atoms with Crippen LogP contribution in [0, 0.1) is 0 Å². The minimum Gasteiger partial charge on any atom is -0.493 e. The molecule has 1 amide bonds. The Morgan fingerprint density at radius 2 is 1.82 bits per heavy atom. The molecule has 0 atom stereocenters. The average molecular weight is 446 g/mol. The van der Waals surface area contributed by atoms with Crippen molar-refractivity contribution in [3.8, 4) is 5.75 Å². The fourth-order valence-corrected chi connectivity index (χ4v) is 3.96. The summed E-state index contributed by atoms with van der Waals surface area (Å²) in [6.45, 7) is 9.63. The van der Waals surface area contributed by atoms with E-state index in [-0.39, 0.29) is 5.91 Å². The summed E-state index contributed by atoms with van der Waals surface area (Å²) in [6, 6.07) is 16.5. The Labute approximate surface area is 197 Å². The molecule has 0 spiro atoms. The Hall–Kier alpha value is -3.34. The molecule has 1 heterocycles. The number of fused-ring (bicyclic) bond motifs is 1. The van der Waals surface area contributed by atoms with Gasteiger partial charge in [-0.25, -0.2) is 4.98 Å². The van der Waals surface area contributed by atoms with Gasteiger partial charge in [-0.15, -0.1) is 6.58 Å². The van der Waals surface area contributed by atoms with Gasteiger partial charge in [0.05, 0.1) is 17.6 Å². The van der Waals surface area contributed by atoms with Crippen molar-refractivity contribution in [3.05, 3.63) is 85.2 Å². The van der Waals surface area contributed by atoms with Gasteiger partial charge in [0.15, 0.2) is 0 Å². The zero-order valence-corrected chi connectivity index (χ0v) is 19.5. The van der Waals surface area contributed by atoms with Gasteiger partial charge >= 0.3 is 0 Å². The van der Waals surface area contributed by atoms with E-state index >= 15 is 0 Å². The van der Waals surface area contributed by atoms with E-state index < -0.39 is 0 Å². The Balaban J connectivity index is 1.49. The third-order valence-corrected chi connectivity index (χ3v) is 5.67. The maximum atomic E-state index is 11.2. The van der Waals surface area contributed by atoms with Gasteiger partial charge in [0.1, 0.15) is 11.6 Å². The normalized spacial score (nSPS) is 10.8. The largest absolute Gasteiger partial charge is 0.493 e. The summed E-state index contributed by atoms with van der Waals surface area (Å²) in [5.74, 6) is 1.99. The summed E-state index contributed by atoms with van der Waals surface area (Å²) in [5, 5.41) is 2.83. The molecule has 0 radical (unpaired) electrons. The first-order valence-corrected chi connectivity index (χ1v) is 11.9. The number of carbonyl (C=O) groups is 1. The van der Waals surface area contributed by atoms with Crippen LogP contribution in [0.1, 0.15) is 43.5 Å². The van der Waals surface area contributed by atoms with Gasteiger partial charge in [0, 0.05) is 19.5 Å². The number of unbranched alkanes of at least 4 members (excludes halogenated alkanes) is 3. The first-order chi connectivity index (χ1) is 16.2. The van der Waals surface area contributed by atoms with Crippen molar-refractivity contribution >= 4 is 16.9 Å². The quantitative estimate of drug-likeness (QED) is 0.187. The van der Waals surface area contributed by atoms with Gasteiger partial charge in [-0.2, -0.15) is 0 Å². The van der Waals surface area contributed by atoms with Gasteiger partial charge in [-0.1, -0.05) is 49.4 Å². The monoisotopic (exact) mass is 445 g/mol. The van der Waals surface area contributed by atoms with Gasteiger partial charge < -0.3 is 14.6 Å². The molecular weight excluding hydrogens is 410 g/mol. The van der Waals surface area contributed by atoms with E-state index in [0.717, 1.165) is 68.6 Å². The molecule has 0 unspecified atom stereocenters. The van der Waals surface area contributed by atoms with Crippen LogP contribution < -0.4 is 10.1 Å². The number of para-hydroxylation sites is 3. The molecule has 3 aromatic rings. The third-order valence-electron chi connectivity index (χ3n) is 5.67. The van der Waals surface area contributed by atoms with E-state index in [0.29, 0.717) is 13.2 Å². The first kappa shape index (κ1) is 24.3. The number of aromatic nitrogens is 2. The summed E-state index contributed by atoms with van der Waals surface area (Å²) < 4.78 is 8.41. The second-order valence-corrected chi connectivity index (χ2v) is 8.13. The maximum absolute atomic E-state index is 11.2. The number of aryl methyl sites for hydroxylation is 2. The first-order valence-electron chi connectivity index (χ1n) is 11.9. The number of imidazole rings is 1. The van der Waals surface area contributed by atoms with Crippen molar-refractivity contribution in [2.75, 3.05) is 13.2 Å². The smallest absolute Gasteiger partial charge is 0.243 e. The molecule has 0 aliphatic carbocycles. The number of amides is 1. The molecule has 0 aliphatic rings. The van der Waals surface area contributed by atoms with E-state index in [1.165, 1.54) is 17.2 Å². The molecule has 5 nitrogen and oxygen atoms in total. The third kappa shape index (κ3) is 7.35. The number of nitrogens with one attached hydrogen (secondary N) is 1. The lowest BCUT2D eigenvalue weighted by molar-refractivity contribution is -0.116. The molecule has 0 bridgehead atoms. The number of rotatable bonds is 15. The molecule has 1 aromatic heterocycles. The van der Waals surface area contributed by atoms with Crippen LogP contribution in [0.5, 0.6) is 5.75 Å². The van der Waals surface area contributed by atoms with Crippen molar-refractivity contribution in [2.45, 2.75) is 51.5 Å². The molecule has 0 saturated carbocycles. The number of allylic oxidation sites excluding steroid dienone is 1. The lowest BCUT2D eigenvalue weighted by Crippen LogP contribution is -2.21. The fraction of sp³-hybridized carbons (Fsp3) is 0.357. The molecule has 0 fully saturated rings. The van der Waals surface area contributed by atoms with Crippen LogP contribution in [0.3, 0.4) is 0 Å². The number of carbonyl (C=O) groups excluding carboxylic acids is 1. The topological polar surface area (TPSA) is 56.1 Å². The maximum Gasteiger partial charge on any atom is 0.243 e. The number of benzene rings is 2. The minimum atomic E-state index is -0.107. The van der Waals surface area contributed by atoms with Crippen molar-refractivity contribution in [2.24, 2.45) is 0 Å². The fourth-order valence-electron chi connectivity index (χ4n) is 3.96. The molecule has 1 N–H and O–H groups in total. The summed E-state index contributed by atoms with van der Waals surface area (Å²) >= 11 is 0. The summed E-state index contributed by atoms with van der Waals surface area (Å²) in [4.78, 5) is 16.1. The highest BCUT2D eigenvalue weighted by Crippen LogP contribution is 2.21. The van der Waals surface area contributed by atoms with Crippen molar-refractivity contribution in [1.29, 1.82) is 0 Å². The summed E-state index contributed by atoms with van der Waals surface area (Å²) in [7, 11) is 0. The van der Waals surface area contributed by atoms with E-state index in [9.17, 15) is 4.79 Å². The van der Waals surface area contributed by atoms with Crippen LogP contribution in [-0.4, -0.2) is 28.6 Å².